The molecule has 2 rings (SSSR count). The Hall–Kier alpha value is -1.82. The Labute approximate surface area is 131 Å². The van der Waals surface area contributed by atoms with Crippen LogP contribution in [0.4, 0.5) is 0 Å². The number of hydrogen-bond acceptors (Lipinski definition) is 4. The number of rotatable bonds is 7. The first kappa shape index (κ1) is 16.5. The molecule has 6 nitrogen and oxygen atoms in total. The number of nitrogens with zero attached hydrogens (tertiary/aromatic N) is 2. The van der Waals surface area contributed by atoms with Crippen LogP contribution in [0, 0.1) is 6.92 Å². The van der Waals surface area contributed by atoms with Crippen LogP contribution >= 0.6 is 0 Å². The van der Waals surface area contributed by atoms with Gasteiger partial charge in [-0.2, -0.15) is 0 Å². The quantitative estimate of drug-likeness (QED) is 0.767. The Balaban J connectivity index is 1.88. The fourth-order valence-electron chi connectivity index (χ4n) is 2.67. The molecule has 1 aliphatic heterocycles. The number of amides is 2. The molecule has 1 N–H and O–H groups in total. The molecule has 0 saturated carbocycles. The third-order valence-corrected chi connectivity index (χ3v) is 3.83. The van der Waals surface area contributed by atoms with Crippen molar-refractivity contribution in [1.82, 2.24) is 15.1 Å². The summed E-state index contributed by atoms with van der Waals surface area (Å²) in [5.41, 5.74) is 0. The lowest BCUT2D eigenvalue weighted by molar-refractivity contribution is -0.136. The van der Waals surface area contributed by atoms with Crippen LogP contribution in [-0.2, 0) is 16.1 Å². The molecule has 6 heteroatoms. The fourth-order valence-corrected chi connectivity index (χ4v) is 2.67. The van der Waals surface area contributed by atoms with Crippen molar-refractivity contribution in [3.05, 3.63) is 23.7 Å². The van der Waals surface area contributed by atoms with E-state index in [9.17, 15) is 9.59 Å². The van der Waals surface area contributed by atoms with Gasteiger partial charge in [0.1, 0.15) is 17.6 Å². The normalized spacial score (nSPS) is 18.3. The van der Waals surface area contributed by atoms with Crippen LogP contribution in [-0.4, -0.2) is 54.8 Å². The molecule has 1 aromatic rings. The van der Waals surface area contributed by atoms with Crippen molar-refractivity contribution < 1.29 is 14.0 Å². The summed E-state index contributed by atoms with van der Waals surface area (Å²) < 4.78 is 5.52. The largest absolute Gasteiger partial charge is 0.464 e. The molecule has 0 bridgehead atoms. The molecule has 0 radical (unpaired) electrons. The van der Waals surface area contributed by atoms with E-state index in [1.54, 1.807) is 4.90 Å². The fraction of sp³-hybridized carbons (Fsp3) is 0.625. The maximum absolute atomic E-state index is 12.3. The first-order valence-corrected chi connectivity index (χ1v) is 7.74. The van der Waals surface area contributed by atoms with Crippen molar-refractivity contribution >= 4 is 11.8 Å². The molecule has 1 unspecified atom stereocenters. The second kappa shape index (κ2) is 7.45. The van der Waals surface area contributed by atoms with Gasteiger partial charge in [0.15, 0.2) is 0 Å². The van der Waals surface area contributed by atoms with E-state index < -0.39 is 0 Å². The van der Waals surface area contributed by atoms with Gasteiger partial charge in [-0.1, -0.05) is 0 Å². The number of likely N-dealkylation sites (tertiary alicyclic amines) is 1. The zero-order valence-electron chi connectivity index (χ0n) is 13.6. The topological polar surface area (TPSA) is 65.8 Å². The molecule has 0 spiro atoms. The predicted molar refractivity (Wildman–Crippen MR) is 83.2 cm³/mol. The zero-order chi connectivity index (χ0) is 16.1. The van der Waals surface area contributed by atoms with Gasteiger partial charge in [0, 0.05) is 13.0 Å². The highest BCUT2D eigenvalue weighted by Gasteiger charge is 2.36. The SMILES string of the molecule is Cc1ccc(CN2C(=O)CCC2C(=O)NCCCN(C)C)o1. The van der Waals surface area contributed by atoms with Crippen molar-refractivity contribution in [3.8, 4) is 0 Å². The Morgan fingerprint density at radius 2 is 2.23 bits per heavy atom. The molecule has 0 aliphatic carbocycles. The minimum atomic E-state index is -0.378. The van der Waals surface area contributed by atoms with Gasteiger partial charge in [-0.15, -0.1) is 0 Å². The van der Waals surface area contributed by atoms with Crippen molar-refractivity contribution in [1.29, 1.82) is 0 Å². The Morgan fingerprint density at radius 1 is 1.45 bits per heavy atom. The molecular formula is C16H25N3O3. The first-order valence-electron chi connectivity index (χ1n) is 7.74. The van der Waals surface area contributed by atoms with E-state index in [0.717, 1.165) is 24.5 Å². The molecular weight excluding hydrogens is 282 g/mol. The third-order valence-electron chi connectivity index (χ3n) is 3.83. The van der Waals surface area contributed by atoms with E-state index in [2.05, 4.69) is 10.2 Å². The molecule has 1 saturated heterocycles. The van der Waals surface area contributed by atoms with E-state index >= 15 is 0 Å². The summed E-state index contributed by atoms with van der Waals surface area (Å²) in [5, 5.41) is 2.93. The lowest BCUT2D eigenvalue weighted by Gasteiger charge is -2.23. The number of hydrogen-bond donors (Lipinski definition) is 1. The van der Waals surface area contributed by atoms with E-state index in [-0.39, 0.29) is 17.9 Å². The van der Waals surface area contributed by atoms with Gasteiger partial charge in [-0.25, -0.2) is 0 Å². The van der Waals surface area contributed by atoms with Crippen LogP contribution in [0.2, 0.25) is 0 Å². The van der Waals surface area contributed by atoms with Crippen molar-refractivity contribution in [2.45, 2.75) is 38.8 Å². The van der Waals surface area contributed by atoms with E-state index in [4.69, 9.17) is 4.42 Å². The van der Waals surface area contributed by atoms with Gasteiger partial charge < -0.3 is 19.5 Å². The van der Waals surface area contributed by atoms with Gasteiger partial charge in [0.05, 0.1) is 6.54 Å². The van der Waals surface area contributed by atoms with Gasteiger partial charge >= 0.3 is 0 Å². The summed E-state index contributed by atoms with van der Waals surface area (Å²) in [6.45, 7) is 3.79. The molecule has 1 aliphatic rings. The summed E-state index contributed by atoms with van der Waals surface area (Å²) in [6, 6.07) is 3.34. The molecule has 1 aromatic heterocycles. The number of carbonyl (C=O) groups is 2. The summed E-state index contributed by atoms with van der Waals surface area (Å²) in [7, 11) is 4.01. The van der Waals surface area contributed by atoms with Crippen molar-refractivity contribution in [2.75, 3.05) is 27.2 Å². The highest BCUT2D eigenvalue weighted by molar-refractivity contribution is 5.90. The second-order valence-electron chi connectivity index (χ2n) is 6.04. The van der Waals surface area contributed by atoms with Crippen LogP contribution in [0.25, 0.3) is 0 Å². The van der Waals surface area contributed by atoms with E-state index in [0.29, 0.717) is 25.9 Å². The number of carbonyl (C=O) groups excluding carboxylic acids is 2. The number of aryl methyl sites for hydroxylation is 1. The summed E-state index contributed by atoms with van der Waals surface area (Å²) in [4.78, 5) is 28.0. The second-order valence-corrected chi connectivity index (χ2v) is 6.04. The lowest BCUT2D eigenvalue weighted by atomic mass is 10.2. The average Bonchev–Trinajstić information content (AvgIpc) is 3.02. The molecule has 22 heavy (non-hydrogen) atoms. The van der Waals surface area contributed by atoms with Crippen molar-refractivity contribution in [3.63, 3.8) is 0 Å². The summed E-state index contributed by atoms with van der Waals surface area (Å²) in [6.07, 6.45) is 1.91. The first-order chi connectivity index (χ1) is 10.5. The minimum Gasteiger partial charge on any atom is -0.464 e. The van der Waals surface area contributed by atoms with Crippen molar-refractivity contribution in [2.24, 2.45) is 0 Å². The van der Waals surface area contributed by atoms with Gasteiger partial charge in [0.25, 0.3) is 0 Å². The van der Waals surface area contributed by atoms with Crippen LogP contribution < -0.4 is 5.32 Å². The van der Waals surface area contributed by atoms with Crippen LogP contribution in [0.3, 0.4) is 0 Å². The van der Waals surface area contributed by atoms with E-state index in [1.807, 2.05) is 33.2 Å². The van der Waals surface area contributed by atoms with Gasteiger partial charge in [0.2, 0.25) is 11.8 Å². The molecule has 1 fully saturated rings. The molecule has 122 valence electrons. The minimum absolute atomic E-state index is 0.0162. The molecule has 1 atom stereocenters. The predicted octanol–water partition coefficient (Wildman–Crippen LogP) is 1.15. The lowest BCUT2D eigenvalue weighted by Crippen LogP contribution is -2.44. The Kier molecular flexibility index (Phi) is 5.60. The standard InChI is InChI=1S/C16H25N3O3/c1-12-5-6-13(22-12)11-19-14(7-8-15(19)20)16(21)17-9-4-10-18(2)3/h5-6,14H,4,7-11H2,1-3H3,(H,17,21). The van der Waals surface area contributed by atoms with E-state index in [1.165, 1.54) is 0 Å². The van der Waals surface area contributed by atoms with Gasteiger partial charge in [-0.3, -0.25) is 9.59 Å². The monoisotopic (exact) mass is 307 g/mol. The van der Waals surface area contributed by atoms with Gasteiger partial charge in [-0.05, 0) is 52.5 Å². The summed E-state index contributed by atoms with van der Waals surface area (Å²) in [5.74, 6) is 1.49. The molecule has 0 aromatic carbocycles. The summed E-state index contributed by atoms with van der Waals surface area (Å²) >= 11 is 0. The Morgan fingerprint density at radius 3 is 2.86 bits per heavy atom. The average molecular weight is 307 g/mol. The molecule has 2 heterocycles. The molecule has 2 amide bonds. The van der Waals surface area contributed by atoms with Crippen LogP contribution in [0.1, 0.15) is 30.8 Å². The zero-order valence-corrected chi connectivity index (χ0v) is 13.6. The number of nitrogens with one attached hydrogen (secondary N) is 1. The van der Waals surface area contributed by atoms with Crippen LogP contribution in [0.15, 0.2) is 16.5 Å². The third kappa shape index (κ3) is 4.34. The maximum atomic E-state index is 12.3. The highest BCUT2D eigenvalue weighted by atomic mass is 16.3. The number of furan rings is 1. The van der Waals surface area contributed by atoms with Crippen LogP contribution in [0.5, 0.6) is 0 Å². The Bertz CT molecular complexity index is 524. The highest BCUT2D eigenvalue weighted by Crippen LogP contribution is 2.22. The smallest absolute Gasteiger partial charge is 0.242 e. The maximum Gasteiger partial charge on any atom is 0.242 e.